The number of pyridine rings is 1. The van der Waals surface area contributed by atoms with Crippen molar-refractivity contribution in [1.29, 1.82) is 0 Å². The Balaban J connectivity index is 1.69. The van der Waals surface area contributed by atoms with Crippen molar-refractivity contribution in [3.05, 3.63) is 34.9 Å². The first kappa shape index (κ1) is 13.1. The third kappa shape index (κ3) is 2.63. The van der Waals surface area contributed by atoms with Crippen LogP contribution in [0.2, 0.25) is 5.15 Å². The number of aromatic amines is 1. The summed E-state index contributed by atoms with van der Waals surface area (Å²) in [6, 6.07) is 3.53. The first-order valence-electron chi connectivity index (χ1n) is 7.26. The van der Waals surface area contributed by atoms with Gasteiger partial charge in [-0.15, -0.1) is 0 Å². The molecule has 6 heteroatoms. The fourth-order valence-corrected chi connectivity index (χ4v) is 2.87. The molecular formula is C15H16ClN3O2. The molecule has 4 rings (SSSR count). The van der Waals surface area contributed by atoms with E-state index in [4.69, 9.17) is 21.1 Å². The van der Waals surface area contributed by atoms with E-state index in [1.807, 2.05) is 6.07 Å². The molecule has 5 nitrogen and oxygen atoms in total. The molecule has 1 saturated carbocycles. The first-order valence-corrected chi connectivity index (χ1v) is 7.64. The molecule has 3 heterocycles. The standard InChI is InChI=1S/C15H16ClN3O2/c16-12-7-11(3-5-17-12)21-15-13(9-1-2-9)18-19-14(15)10-4-6-20-8-10/h3,5,7,9-10H,1-2,4,6,8H2,(H,18,19). The molecule has 110 valence electrons. The number of rotatable bonds is 4. The molecule has 2 aromatic heterocycles. The van der Waals surface area contributed by atoms with E-state index in [0.29, 0.717) is 29.3 Å². The minimum Gasteiger partial charge on any atom is -0.453 e. The summed E-state index contributed by atoms with van der Waals surface area (Å²) in [6.45, 7) is 1.50. The van der Waals surface area contributed by atoms with Crippen LogP contribution < -0.4 is 4.74 Å². The number of H-pyrrole nitrogens is 1. The van der Waals surface area contributed by atoms with Crippen LogP contribution in [0, 0.1) is 0 Å². The van der Waals surface area contributed by atoms with E-state index in [-0.39, 0.29) is 0 Å². The number of ether oxygens (including phenoxy) is 2. The molecule has 1 aliphatic heterocycles. The van der Waals surface area contributed by atoms with Gasteiger partial charge in [-0.3, -0.25) is 5.10 Å². The predicted octanol–water partition coefficient (Wildman–Crippen LogP) is 3.63. The maximum atomic E-state index is 6.10. The Morgan fingerprint density at radius 1 is 1.29 bits per heavy atom. The fraction of sp³-hybridized carbons (Fsp3) is 0.467. The molecule has 1 saturated heterocycles. The SMILES string of the molecule is Clc1cc(Oc2c(C3CCOC3)n[nH]c2C2CC2)ccn1. The highest BCUT2D eigenvalue weighted by atomic mass is 35.5. The van der Waals surface area contributed by atoms with Crippen LogP contribution in [-0.2, 0) is 4.74 Å². The molecule has 1 aliphatic carbocycles. The van der Waals surface area contributed by atoms with E-state index in [1.54, 1.807) is 12.3 Å². The van der Waals surface area contributed by atoms with Crippen molar-refractivity contribution >= 4 is 11.6 Å². The third-order valence-electron chi connectivity index (χ3n) is 3.99. The van der Waals surface area contributed by atoms with Gasteiger partial charge in [-0.2, -0.15) is 5.10 Å². The van der Waals surface area contributed by atoms with E-state index >= 15 is 0 Å². The van der Waals surface area contributed by atoms with Gasteiger partial charge in [0.25, 0.3) is 0 Å². The van der Waals surface area contributed by atoms with Gasteiger partial charge in [0.05, 0.1) is 12.3 Å². The maximum Gasteiger partial charge on any atom is 0.172 e. The Morgan fingerprint density at radius 3 is 2.90 bits per heavy atom. The first-order chi connectivity index (χ1) is 10.3. The van der Waals surface area contributed by atoms with Gasteiger partial charge in [0.2, 0.25) is 0 Å². The Labute approximate surface area is 127 Å². The van der Waals surface area contributed by atoms with Gasteiger partial charge >= 0.3 is 0 Å². The van der Waals surface area contributed by atoms with Crippen molar-refractivity contribution < 1.29 is 9.47 Å². The number of hydrogen-bond acceptors (Lipinski definition) is 4. The summed E-state index contributed by atoms with van der Waals surface area (Å²) in [6.07, 6.45) is 5.02. The molecular weight excluding hydrogens is 290 g/mol. The zero-order valence-electron chi connectivity index (χ0n) is 11.5. The average molecular weight is 306 g/mol. The van der Waals surface area contributed by atoms with Gasteiger partial charge in [-0.25, -0.2) is 4.98 Å². The molecule has 0 amide bonds. The molecule has 1 unspecified atom stereocenters. The second-order valence-corrected chi connectivity index (χ2v) is 5.99. The quantitative estimate of drug-likeness (QED) is 0.876. The van der Waals surface area contributed by atoms with Gasteiger partial charge in [-0.1, -0.05) is 11.6 Å². The zero-order valence-corrected chi connectivity index (χ0v) is 12.3. The van der Waals surface area contributed by atoms with Crippen LogP contribution in [0.5, 0.6) is 11.5 Å². The summed E-state index contributed by atoms with van der Waals surface area (Å²) in [5.41, 5.74) is 2.08. The lowest BCUT2D eigenvalue weighted by molar-refractivity contribution is 0.193. The Hall–Kier alpha value is -1.59. The topological polar surface area (TPSA) is 60.0 Å². The molecule has 1 atom stereocenters. The number of hydrogen-bond donors (Lipinski definition) is 1. The molecule has 2 fully saturated rings. The molecule has 2 aromatic rings. The summed E-state index contributed by atoms with van der Waals surface area (Å²) >= 11 is 5.93. The molecule has 0 aromatic carbocycles. The van der Waals surface area contributed by atoms with Crippen molar-refractivity contribution in [2.45, 2.75) is 31.1 Å². The van der Waals surface area contributed by atoms with Crippen LogP contribution in [0.25, 0.3) is 0 Å². The van der Waals surface area contributed by atoms with E-state index in [9.17, 15) is 0 Å². The van der Waals surface area contributed by atoms with Crippen LogP contribution in [0.1, 0.15) is 42.5 Å². The van der Waals surface area contributed by atoms with Crippen LogP contribution in [0.3, 0.4) is 0 Å². The Morgan fingerprint density at radius 2 is 2.19 bits per heavy atom. The molecule has 2 aliphatic rings. The number of halogens is 1. The van der Waals surface area contributed by atoms with Gasteiger partial charge < -0.3 is 9.47 Å². The van der Waals surface area contributed by atoms with E-state index in [2.05, 4.69) is 15.2 Å². The number of nitrogens with zero attached hydrogens (tertiary/aromatic N) is 2. The van der Waals surface area contributed by atoms with Crippen LogP contribution in [-0.4, -0.2) is 28.4 Å². The lowest BCUT2D eigenvalue weighted by atomic mass is 10.0. The van der Waals surface area contributed by atoms with Crippen molar-refractivity contribution in [2.24, 2.45) is 0 Å². The summed E-state index contributed by atoms with van der Waals surface area (Å²) < 4.78 is 11.6. The summed E-state index contributed by atoms with van der Waals surface area (Å²) in [5.74, 6) is 2.40. The second kappa shape index (κ2) is 5.31. The highest BCUT2D eigenvalue weighted by Gasteiger charge is 2.34. The minimum absolute atomic E-state index is 0.307. The number of nitrogens with one attached hydrogen (secondary N) is 1. The zero-order chi connectivity index (χ0) is 14.2. The molecule has 21 heavy (non-hydrogen) atoms. The van der Waals surface area contributed by atoms with E-state index in [1.165, 1.54) is 12.8 Å². The second-order valence-electron chi connectivity index (χ2n) is 5.60. The average Bonchev–Trinajstić information content (AvgIpc) is 3.01. The minimum atomic E-state index is 0.307. The lowest BCUT2D eigenvalue weighted by Crippen LogP contribution is -2.01. The predicted molar refractivity (Wildman–Crippen MR) is 78.1 cm³/mol. The summed E-state index contributed by atoms with van der Waals surface area (Å²) in [5, 5.41) is 8.09. The van der Waals surface area contributed by atoms with Crippen molar-refractivity contribution in [3.63, 3.8) is 0 Å². The fourth-order valence-electron chi connectivity index (χ4n) is 2.71. The third-order valence-corrected chi connectivity index (χ3v) is 4.20. The van der Waals surface area contributed by atoms with Gasteiger partial charge in [0, 0.05) is 30.7 Å². The van der Waals surface area contributed by atoms with Crippen molar-refractivity contribution in [1.82, 2.24) is 15.2 Å². The highest BCUT2D eigenvalue weighted by molar-refractivity contribution is 6.29. The van der Waals surface area contributed by atoms with Crippen LogP contribution in [0.4, 0.5) is 0 Å². The van der Waals surface area contributed by atoms with Crippen LogP contribution >= 0.6 is 11.6 Å². The molecule has 0 bridgehead atoms. The Bertz CT molecular complexity index is 648. The van der Waals surface area contributed by atoms with Gasteiger partial charge in [0.15, 0.2) is 5.75 Å². The molecule has 0 spiro atoms. The molecule has 0 radical (unpaired) electrons. The van der Waals surface area contributed by atoms with Crippen molar-refractivity contribution in [3.8, 4) is 11.5 Å². The summed E-state index contributed by atoms with van der Waals surface area (Å²) in [4.78, 5) is 3.98. The normalized spacial score (nSPS) is 21.7. The van der Waals surface area contributed by atoms with E-state index in [0.717, 1.165) is 30.2 Å². The highest BCUT2D eigenvalue weighted by Crippen LogP contribution is 2.47. The Kier molecular flexibility index (Phi) is 3.31. The lowest BCUT2D eigenvalue weighted by Gasteiger charge is -2.11. The molecule has 1 N–H and O–H groups in total. The van der Waals surface area contributed by atoms with Crippen LogP contribution in [0.15, 0.2) is 18.3 Å². The van der Waals surface area contributed by atoms with Crippen molar-refractivity contribution in [2.75, 3.05) is 13.2 Å². The maximum absolute atomic E-state index is 6.10. The van der Waals surface area contributed by atoms with Gasteiger partial charge in [-0.05, 0) is 25.3 Å². The van der Waals surface area contributed by atoms with E-state index < -0.39 is 0 Å². The largest absolute Gasteiger partial charge is 0.453 e. The van der Waals surface area contributed by atoms with Gasteiger partial charge in [0.1, 0.15) is 16.6 Å². The number of aromatic nitrogens is 3. The monoisotopic (exact) mass is 305 g/mol. The summed E-state index contributed by atoms with van der Waals surface area (Å²) in [7, 11) is 0. The smallest absolute Gasteiger partial charge is 0.172 e.